The quantitative estimate of drug-likeness (QED) is 0.0924. The van der Waals surface area contributed by atoms with Crippen molar-refractivity contribution in [1.82, 2.24) is 9.97 Å². The molecule has 3 rings (SSSR count). The summed E-state index contributed by atoms with van der Waals surface area (Å²) in [5.41, 5.74) is 7.16. The van der Waals surface area contributed by atoms with Crippen LogP contribution in [0, 0.1) is 0 Å². The average molecular weight is 515 g/mol. The van der Waals surface area contributed by atoms with Crippen LogP contribution in [0.2, 0.25) is 0 Å². The maximum atomic E-state index is 13.4. The number of oxime groups is 1. The Morgan fingerprint density at radius 3 is 2.03 bits per heavy atom. The van der Waals surface area contributed by atoms with Crippen molar-refractivity contribution in [2.75, 3.05) is 20.0 Å². The van der Waals surface area contributed by atoms with Gasteiger partial charge in [0.05, 0.1) is 49.6 Å². The monoisotopic (exact) mass is 514 g/mol. The maximum absolute atomic E-state index is 13.4. The molecule has 0 radical (unpaired) electrons. The Balaban J connectivity index is 1.96. The number of hydrogen-bond acceptors (Lipinski definition) is 11. The van der Waals surface area contributed by atoms with E-state index in [-0.39, 0.29) is 17.1 Å². The number of benzene rings is 2. The predicted octanol–water partition coefficient (Wildman–Crippen LogP) is 5.54. The molecule has 2 aromatic carbocycles. The highest BCUT2D eigenvalue weighted by Crippen LogP contribution is 2.38. The Labute approximate surface area is 200 Å². The lowest BCUT2D eigenvalue weighted by Crippen LogP contribution is -2.14. The van der Waals surface area contributed by atoms with Gasteiger partial charge in [-0.1, -0.05) is 28.6 Å². The molecular formula is C20H17F3N4O5S2. The van der Waals surface area contributed by atoms with E-state index >= 15 is 0 Å². The molecule has 0 atom stereocenters. The molecule has 0 amide bonds. The van der Waals surface area contributed by atoms with Gasteiger partial charge >= 0.3 is 6.18 Å². The molecule has 9 nitrogen and oxygen atoms in total. The summed E-state index contributed by atoms with van der Waals surface area (Å²) in [6.07, 6.45) is -3.74. The topological polar surface area (TPSA) is 110 Å². The predicted molar refractivity (Wildman–Crippen MR) is 120 cm³/mol. The molecule has 0 bridgehead atoms. The summed E-state index contributed by atoms with van der Waals surface area (Å²) in [7, 11) is 2.75. The Bertz CT molecular complexity index is 1120. The minimum absolute atomic E-state index is 0.0259. The van der Waals surface area contributed by atoms with Crippen LogP contribution < -0.4 is 5.73 Å². The summed E-state index contributed by atoms with van der Waals surface area (Å²) in [5.74, 6) is -1.65. The minimum Gasteiger partial charge on any atom is -0.484 e. The third-order valence-corrected chi connectivity index (χ3v) is 5.27. The first-order valence-electron chi connectivity index (χ1n) is 9.21. The van der Waals surface area contributed by atoms with Gasteiger partial charge in [-0.25, -0.2) is 19.8 Å². The standard InChI is InChI=1S/C20H17F3N4O5S2/c1-28-11-25-30-32-34-15-7-3-12(4-8-15)16-17(26-19(20(21,22)23)27-18(16)24)13-5-9-14(10-6-13)33-31-29-2/h3-11H,1-2H3,(H2,24,26,27). The number of nitrogens with two attached hydrogens (primary N) is 1. The molecule has 0 unspecified atom stereocenters. The molecule has 0 aliphatic carbocycles. The van der Waals surface area contributed by atoms with Crippen LogP contribution in [0.3, 0.4) is 0 Å². The van der Waals surface area contributed by atoms with Gasteiger partial charge in [0, 0.05) is 15.4 Å². The number of nitrogen functional groups attached to an aromatic ring is 1. The fourth-order valence-corrected chi connectivity index (χ4v) is 3.43. The van der Waals surface area contributed by atoms with Crippen LogP contribution in [-0.2, 0) is 29.5 Å². The van der Waals surface area contributed by atoms with Gasteiger partial charge in [0.1, 0.15) is 5.82 Å². The van der Waals surface area contributed by atoms with Crippen molar-refractivity contribution in [2.45, 2.75) is 16.0 Å². The first kappa shape index (κ1) is 25.6. The van der Waals surface area contributed by atoms with Gasteiger partial charge in [-0.2, -0.15) is 17.5 Å². The molecule has 2 N–H and O–H groups in total. The van der Waals surface area contributed by atoms with Gasteiger partial charge in [0.15, 0.2) is 0 Å². The van der Waals surface area contributed by atoms with Crippen LogP contribution in [0.1, 0.15) is 5.82 Å². The van der Waals surface area contributed by atoms with Crippen LogP contribution in [0.25, 0.3) is 22.4 Å². The van der Waals surface area contributed by atoms with E-state index in [0.717, 1.165) is 30.5 Å². The molecule has 180 valence electrons. The molecule has 34 heavy (non-hydrogen) atoms. The number of methoxy groups -OCH3 is 1. The number of aromatic nitrogens is 2. The SMILES string of the molecule is COC=NOOSc1ccc(-c2c(N)nc(C(F)(F)F)nc2-c2ccc(SOOC)cc2)cc1. The smallest absolute Gasteiger partial charge is 0.451 e. The zero-order valence-corrected chi connectivity index (χ0v) is 19.2. The second-order valence-corrected chi connectivity index (χ2v) is 7.74. The van der Waals surface area contributed by atoms with Crippen LogP contribution in [0.4, 0.5) is 19.0 Å². The molecule has 14 heteroatoms. The summed E-state index contributed by atoms with van der Waals surface area (Å²) in [6, 6.07) is 13.1. The van der Waals surface area contributed by atoms with Gasteiger partial charge in [0.2, 0.25) is 12.2 Å². The second kappa shape index (κ2) is 11.9. The van der Waals surface area contributed by atoms with Crippen LogP contribution in [0.15, 0.2) is 63.5 Å². The zero-order chi connectivity index (χ0) is 24.6. The number of nitrogens with zero attached hydrogens (tertiary/aromatic N) is 3. The van der Waals surface area contributed by atoms with Gasteiger partial charge in [-0.3, -0.25) is 0 Å². The van der Waals surface area contributed by atoms with E-state index in [0.29, 0.717) is 20.9 Å². The molecule has 3 aromatic rings. The number of anilines is 1. The highest BCUT2D eigenvalue weighted by molar-refractivity contribution is 7.94. The summed E-state index contributed by atoms with van der Waals surface area (Å²) in [6.45, 7) is 0. The highest BCUT2D eigenvalue weighted by atomic mass is 32.2. The van der Waals surface area contributed by atoms with Crippen LogP contribution in [0.5, 0.6) is 0 Å². The minimum atomic E-state index is -4.77. The van der Waals surface area contributed by atoms with Crippen molar-refractivity contribution in [3.8, 4) is 22.4 Å². The van der Waals surface area contributed by atoms with E-state index in [2.05, 4.69) is 29.7 Å². The number of alkyl halides is 3. The molecule has 1 heterocycles. The van der Waals surface area contributed by atoms with Gasteiger partial charge < -0.3 is 10.5 Å². The summed E-state index contributed by atoms with van der Waals surface area (Å²) < 4.78 is 54.3. The first-order chi connectivity index (χ1) is 16.3. The Morgan fingerprint density at radius 1 is 0.882 bits per heavy atom. The van der Waals surface area contributed by atoms with E-state index in [1.165, 1.54) is 14.2 Å². The van der Waals surface area contributed by atoms with Gasteiger partial charge in [0.25, 0.3) is 0 Å². The number of ether oxygens (including phenoxy) is 1. The van der Waals surface area contributed by atoms with Gasteiger partial charge in [-0.05, 0) is 35.0 Å². The van der Waals surface area contributed by atoms with Gasteiger partial charge in [-0.15, -0.1) is 0 Å². The van der Waals surface area contributed by atoms with Crippen LogP contribution >= 0.6 is 24.1 Å². The second-order valence-electron chi connectivity index (χ2n) is 6.19. The average Bonchev–Trinajstić information content (AvgIpc) is 2.82. The molecule has 1 aromatic heterocycles. The number of rotatable bonds is 10. The Morgan fingerprint density at radius 2 is 1.47 bits per heavy atom. The van der Waals surface area contributed by atoms with Crippen molar-refractivity contribution in [3.05, 3.63) is 54.4 Å². The lowest BCUT2D eigenvalue weighted by molar-refractivity contribution is -0.191. The lowest BCUT2D eigenvalue weighted by Gasteiger charge is -2.15. The van der Waals surface area contributed by atoms with Crippen molar-refractivity contribution in [2.24, 2.45) is 5.16 Å². The maximum Gasteiger partial charge on any atom is 0.451 e. The number of hydrogen-bond donors (Lipinski definition) is 1. The lowest BCUT2D eigenvalue weighted by atomic mass is 9.99. The number of halogens is 3. The molecule has 0 saturated carbocycles. The van der Waals surface area contributed by atoms with E-state index in [4.69, 9.17) is 14.4 Å². The van der Waals surface area contributed by atoms with E-state index in [9.17, 15) is 13.2 Å². The van der Waals surface area contributed by atoms with Crippen molar-refractivity contribution in [3.63, 3.8) is 0 Å². The fourth-order valence-electron chi connectivity index (χ4n) is 2.65. The third-order valence-electron chi connectivity index (χ3n) is 4.01. The summed E-state index contributed by atoms with van der Waals surface area (Å²) >= 11 is 1.81. The van der Waals surface area contributed by atoms with Crippen molar-refractivity contribution < 1.29 is 36.5 Å². The third kappa shape index (κ3) is 6.74. The van der Waals surface area contributed by atoms with Crippen LogP contribution in [-0.4, -0.2) is 30.6 Å². The molecular weight excluding hydrogens is 497 g/mol. The summed E-state index contributed by atoms with van der Waals surface area (Å²) in [4.78, 5) is 17.6. The first-order valence-corrected chi connectivity index (χ1v) is 10.7. The fraction of sp³-hybridized carbons (Fsp3) is 0.150. The molecule has 0 saturated heterocycles. The Hall–Kier alpha value is -3.04. The highest BCUT2D eigenvalue weighted by Gasteiger charge is 2.36. The normalized spacial score (nSPS) is 11.7. The van der Waals surface area contributed by atoms with Crippen molar-refractivity contribution in [1.29, 1.82) is 0 Å². The summed E-state index contributed by atoms with van der Waals surface area (Å²) in [5, 5.41) is 3.35. The van der Waals surface area contributed by atoms with E-state index < -0.39 is 12.0 Å². The van der Waals surface area contributed by atoms with E-state index in [1.54, 1.807) is 48.5 Å². The molecule has 0 aliphatic heterocycles. The Kier molecular flexibility index (Phi) is 8.95. The largest absolute Gasteiger partial charge is 0.484 e. The molecule has 0 fully saturated rings. The molecule has 0 spiro atoms. The van der Waals surface area contributed by atoms with E-state index in [1.807, 2.05) is 0 Å². The van der Waals surface area contributed by atoms with Crippen molar-refractivity contribution >= 4 is 36.3 Å². The molecule has 0 aliphatic rings. The zero-order valence-electron chi connectivity index (χ0n) is 17.6.